The molecule has 1 aromatic heterocycles. The molecule has 0 amide bonds. The Morgan fingerprint density at radius 3 is 2.76 bits per heavy atom. The van der Waals surface area contributed by atoms with Crippen LogP contribution in [0.2, 0.25) is 0 Å². The lowest BCUT2D eigenvalue weighted by Gasteiger charge is -2.02. The van der Waals surface area contributed by atoms with Gasteiger partial charge in [0.25, 0.3) is 0 Å². The van der Waals surface area contributed by atoms with Gasteiger partial charge in [-0.3, -0.25) is 4.79 Å². The number of hydrogen-bond donors (Lipinski definition) is 2. The SMILES string of the molecule is Cc1nc(-c2cccc(CC(=O)O)c2)c(C)[nH]1. The first-order chi connectivity index (χ1) is 8.06. The van der Waals surface area contributed by atoms with Crippen LogP contribution in [0.25, 0.3) is 11.3 Å². The first-order valence-electron chi connectivity index (χ1n) is 5.40. The molecule has 0 atom stereocenters. The van der Waals surface area contributed by atoms with Crippen molar-refractivity contribution in [2.75, 3.05) is 0 Å². The summed E-state index contributed by atoms with van der Waals surface area (Å²) in [6.07, 6.45) is 0.0380. The van der Waals surface area contributed by atoms with Gasteiger partial charge in [-0.1, -0.05) is 18.2 Å². The number of carbonyl (C=O) groups is 1. The first-order valence-corrected chi connectivity index (χ1v) is 5.40. The Bertz CT molecular complexity index is 558. The number of benzene rings is 1. The highest BCUT2D eigenvalue weighted by Gasteiger charge is 2.08. The molecule has 2 rings (SSSR count). The number of nitrogens with zero attached hydrogens (tertiary/aromatic N) is 1. The molecular formula is C13H14N2O2. The molecule has 0 aliphatic carbocycles. The van der Waals surface area contributed by atoms with Crippen molar-refractivity contribution in [3.05, 3.63) is 41.3 Å². The molecule has 0 bridgehead atoms. The van der Waals surface area contributed by atoms with Crippen molar-refractivity contribution in [3.8, 4) is 11.3 Å². The number of rotatable bonds is 3. The quantitative estimate of drug-likeness (QED) is 0.850. The van der Waals surface area contributed by atoms with E-state index in [0.717, 1.165) is 28.3 Å². The summed E-state index contributed by atoms with van der Waals surface area (Å²) in [4.78, 5) is 18.2. The Balaban J connectivity index is 2.39. The van der Waals surface area contributed by atoms with Crippen molar-refractivity contribution in [1.29, 1.82) is 0 Å². The molecule has 4 heteroatoms. The molecule has 1 heterocycles. The summed E-state index contributed by atoms with van der Waals surface area (Å²) in [6.45, 7) is 3.86. The summed E-state index contributed by atoms with van der Waals surface area (Å²) < 4.78 is 0. The van der Waals surface area contributed by atoms with Crippen LogP contribution in [0, 0.1) is 13.8 Å². The third-order valence-electron chi connectivity index (χ3n) is 2.56. The normalized spacial score (nSPS) is 10.5. The molecule has 0 unspecified atom stereocenters. The molecule has 0 fully saturated rings. The van der Waals surface area contributed by atoms with E-state index in [2.05, 4.69) is 9.97 Å². The predicted molar refractivity (Wildman–Crippen MR) is 64.8 cm³/mol. The zero-order chi connectivity index (χ0) is 12.4. The maximum absolute atomic E-state index is 10.7. The van der Waals surface area contributed by atoms with E-state index in [4.69, 9.17) is 5.11 Å². The average molecular weight is 230 g/mol. The Kier molecular flexibility index (Phi) is 2.95. The maximum Gasteiger partial charge on any atom is 0.307 e. The molecule has 88 valence electrons. The van der Waals surface area contributed by atoms with Crippen molar-refractivity contribution in [3.63, 3.8) is 0 Å². The van der Waals surface area contributed by atoms with E-state index in [1.165, 1.54) is 0 Å². The second-order valence-electron chi connectivity index (χ2n) is 4.07. The topological polar surface area (TPSA) is 66.0 Å². The van der Waals surface area contributed by atoms with Gasteiger partial charge in [0.05, 0.1) is 12.1 Å². The second kappa shape index (κ2) is 4.41. The molecule has 2 N–H and O–H groups in total. The predicted octanol–water partition coefficient (Wildman–Crippen LogP) is 2.32. The molecule has 0 spiro atoms. The average Bonchev–Trinajstić information content (AvgIpc) is 2.57. The minimum Gasteiger partial charge on any atom is -0.481 e. The first kappa shape index (κ1) is 11.4. The van der Waals surface area contributed by atoms with Crippen LogP contribution in [0.15, 0.2) is 24.3 Å². The smallest absolute Gasteiger partial charge is 0.307 e. The van der Waals surface area contributed by atoms with Gasteiger partial charge in [0.2, 0.25) is 0 Å². The monoisotopic (exact) mass is 230 g/mol. The molecule has 4 nitrogen and oxygen atoms in total. The molecule has 0 saturated carbocycles. The summed E-state index contributed by atoms with van der Waals surface area (Å²) in [5.74, 6) is 0.0400. The number of aromatic nitrogens is 2. The number of aromatic amines is 1. The minimum absolute atomic E-state index is 0.0380. The van der Waals surface area contributed by atoms with Crippen molar-refractivity contribution < 1.29 is 9.90 Å². The van der Waals surface area contributed by atoms with Crippen molar-refractivity contribution >= 4 is 5.97 Å². The van der Waals surface area contributed by atoms with Gasteiger partial charge >= 0.3 is 5.97 Å². The van der Waals surface area contributed by atoms with Crippen LogP contribution in [0.3, 0.4) is 0 Å². The highest BCUT2D eigenvalue weighted by atomic mass is 16.4. The van der Waals surface area contributed by atoms with Crippen molar-refractivity contribution in [2.45, 2.75) is 20.3 Å². The zero-order valence-corrected chi connectivity index (χ0v) is 9.82. The van der Waals surface area contributed by atoms with Crippen LogP contribution in [0.5, 0.6) is 0 Å². The van der Waals surface area contributed by atoms with Crippen molar-refractivity contribution in [2.24, 2.45) is 0 Å². The highest BCUT2D eigenvalue weighted by molar-refractivity contribution is 5.71. The van der Waals surface area contributed by atoms with Crippen LogP contribution >= 0.6 is 0 Å². The molecule has 2 aromatic rings. The Morgan fingerprint density at radius 1 is 1.41 bits per heavy atom. The lowest BCUT2D eigenvalue weighted by Crippen LogP contribution is -1.99. The van der Waals surface area contributed by atoms with Crippen LogP contribution in [-0.4, -0.2) is 21.0 Å². The van der Waals surface area contributed by atoms with E-state index >= 15 is 0 Å². The van der Waals surface area contributed by atoms with Gasteiger partial charge in [-0.05, 0) is 25.5 Å². The lowest BCUT2D eigenvalue weighted by atomic mass is 10.1. The van der Waals surface area contributed by atoms with Gasteiger partial charge in [-0.15, -0.1) is 0 Å². The Labute approximate surface area is 99.3 Å². The number of carboxylic acid groups (broad SMARTS) is 1. The number of aryl methyl sites for hydroxylation is 2. The van der Waals surface area contributed by atoms with Crippen LogP contribution in [0.1, 0.15) is 17.1 Å². The number of hydrogen-bond acceptors (Lipinski definition) is 2. The van der Waals surface area contributed by atoms with E-state index in [1.54, 1.807) is 0 Å². The van der Waals surface area contributed by atoms with E-state index in [-0.39, 0.29) is 6.42 Å². The van der Waals surface area contributed by atoms with E-state index in [9.17, 15) is 4.79 Å². The highest BCUT2D eigenvalue weighted by Crippen LogP contribution is 2.22. The van der Waals surface area contributed by atoms with Gasteiger partial charge in [-0.25, -0.2) is 4.98 Å². The third-order valence-corrected chi connectivity index (χ3v) is 2.56. The van der Waals surface area contributed by atoms with Gasteiger partial charge in [-0.2, -0.15) is 0 Å². The van der Waals surface area contributed by atoms with E-state index < -0.39 is 5.97 Å². The van der Waals surface area contributed by atoms with Crippen LogP contribution in [0.4, 0.5) is 0 Å². The number of carboxylic acids is 1. The number of nitrogens with one attached hydrogen (secondary N) is 1. The number of aliphatic carboxylic acids is 1. The van der Waals surface area contributed by atoms with Gasteiger partial charge in [0.15, 0.2) is 0 Å². The summed E-state index contributed by atoms with van der Waals surface area (Å²) in [5, 5.41) is 8.77. The molecule has 17 heavy (non-hydrogen) atoms. The molecule has 0 saturated heterocycles. The Hall–Kier alpha value is -2.10. The zero-order valence-electron chi connectivity index (χ0n) is 9.82. The number of imidazole rings is 1. The fourth-order valence-corrected chi connectivity index (χ4v) is 1.89. The van der Waals surface area contributed by atoms with Crippen LogP contribution in [-0.2, 0) is 11.2 Å². The van der Waals surface area contributed by atoms with E-state index in [1.807, 2.05) is 38.1 Å². The minimum atomic E-state index is -0.822. The van der Waals surface area contributed by atoms with Gasteiger partial charge < -0.3 is 10.1 Å². The second-order valence-corrected chi connectivity index (χ2v) is 4.07. The summed E-state index contributed by atoms with van der Waals surface area (Å²) in [5.41, 5.74) is 3.62. The van der Waals surface area contributed by atoms with Crippen LogP contribution < -0.4 is 0 Å². The molecule has 0 aliphatic rings. The standard InChI is InChI=1S/C13H14N2O2/c1-8-13(15-9(2)14-8)11-5-3-4-10(6-11)7-12(16)17/h3-6H,7H2,1-2H3,(H,14,15)(H,16,17). The van der Waals surface area contributed by atoms with Crippen molar-refractivity contribution in [1.82, 2.24) is 9.97 Å². The molecule has 1 aromatic carbocycles. The summed E-state index contributed by atoms with van der Waals surface area (Å²) in [6, 6.07) is 7.48. The van der Waals surface area contributed by atoms with Gasteiger partial charge in [0, 0.05) is 11.3 Å². The third kappa shape index (κ3) is 2.53. The van der Waals surface area contributed by atoms with E-state index in [0.29, 0.717) is 0 Å². The number of H-pyrrole nitrogens is 1. The van der Waals surface area contributed by atoms with Gasteiger partial charge in [0.1, 0.15) is 5.82 Å². The fraction of sp³-hybridized carbons (Fsp3) is 0.231. The molecule has 0 radical (unpaired) electrons. The fourth-order valence-electron chi connectivity index (χ4n) is 1.89. The molecule has 0 aliphatic heterocycles. The Morgan fingerprint density at radius 2 is 2.18 bits per heavy atom. The molecular weight excluding hydrogens is 216 g/mol. The summed E-state index contributed by atoms with van der Waals surface area (Å²) in [7, 11) is 0. The largest absolute Gasteiger partial charge is 0.481 e. The summed E-state index contributed by atoms with van der Waals surface area (Å²) >= 11 is 0. The lowest BCUT2D eigenvalue weighted by molar-refractivity contribution is -0.136. The maximum atomic E-state index is 10.7.